The third-order valence-corrected chi connectivity index (χ3v) is 9.44. The van der Waals surface area contributed by atoms with Crippen LogP contribution in [0.3, 0.4) is 0 Å². The average Bonchev–Trinajstić information content (AvgIpc) is 2.96. The van der Waals surface area contributed by atoms with Gasteiger partial charge in [-0.15, -0.1) is 0 Å². The number of nitrogens with zero attached hydrogens (tertiary/aromatic N) is 2. The Morgan fingerprint density at radius 2 is 0.975 bits per heavy atom. The number of hydrogen-bond acceptors (Lipinski definition) is 6. The van der Waals surface area contributed by atoms with E-state index in [0.717, 1.165) is 72.2 Å². The van der Waals surface area contributed by atoms with Crippen LogP contribution < -0.4 is 0 Å². The van der Waals surface area contributed by atoms with Crippen molar-refractivity contribution in [2.75, 3.05) is 27.2 Å². The quantitative estimate of drug-likeness (QED) is 0.217. The monoisotopic (exact) mass is 534 g/mol. The summed E-state index contributed by atoms with van der Waals surface area (Å²) in [5.74, 6) is -0.0434. The lowest BCUT2D eigenvalue weighted by Crippen LogP contribution is -2.35. The predicted molar refractivity (Wildman–Crippen MR) is 156 cm³/mol. The Balaban J connectivity index is 0.000000132. The highest BCUT2D eigenvalue weighted by Crippen LogP contribution is 2.51. The Labute approximate surface area is 234 Å². The van der Waals surface area contributed by atoms with Gasteiger partial charge in [-0.3, -0.25) is 9.80 Å². The number of aromatic hydroxyl groups is 4. The van der Waals surface area contributed by atoms with Gasteiger partial charge in [-0.2, -0.15) is 0 Å². The highest BCUT2D eigenvalue weighted by molar-refractivity contribution is 5.83. The highest BCUT2D eigenvalue weighted by Gasteiger charge is 2.35. The van der Waals surface area contributed by atoms with Gasteiger partial charge in [-0.1, -0.05) is 48.5 Å². The van der Waals surface area contributed by atoms with Crippen LogP contribution in [0.5, 0.6) is 23.0 Å². The molecule has 0 radical (unpaired) electrons. The Morgan fingerprint density at radius 3 is 1.40 bits per heavy atom. The Bertz CT molecular complexity index is 1540. The molecule has 0 unspecified atom stereocenters. The van der Waals surface area contributed by atoms with Gasteiger partial charge >= 0.3 is 0 Å². The maximum absolute atomic E-state index is 10.3. The van der Waals surface area contributed by atoms with Crippen LogP contribution in [-0.2, 0) is 25.7 Å². The second-order valence-corrected chi connectivity index (χ2v) is 11.6. The van der Waals surface area contributed by atoms with Crippen LogP contribution in [0.2, 0.25) is 0 Å². The first-order valence-corrected chi connectivity index (χ1v) is 14.1. The minimum absolute atomic E-state index is 0.0163. The topological polar surface area (TPSA) is 87.4 Å². The Morgan fingerprint density at radius 1 is 0.550 bits per heavy atom. The van der Waals surface area contributed by atoms with Crippen LogP contribution in [0.25, 0.3) is 22.3 Å². The maximum atomic E-state index is 10.3. The molecule has 2 aliphatic carbocycles. The van der Waals surface area contributed by atoms with Gasteiger partial charge in [0.25, 0.3) is 0 Å². The Hall–Kier alpha value is -4.00. The molecule has 6 nitrogen and oxygen atoms in total. The molecule has 4 aromatic carbocycles. The van der Waals surface area contributed by atoms with Gasteiger partial charge in [0.05, 0.1) is 0 Å². The van der Waals surface area contributed by atoms with E-state index >= 15 is 0 Å². The van der Waals surface area contributed by atoms with Crippen LogP contribution in [0, 0.1) is 0 Å². The summed E-state index contributed by atoms with van der Waals surface area (Å²) in [7, 11) is 4.32. The number of fused-ring (bicyclic) bond motifs is 4. The fraction of sp³-hybridized carbons (Fsp3) is 0.294. The van der Waals surface area contributed by atoms with Gasteiger partial charge in [-0.25, -0.2) is 0 Å². The summed E-state index contributed by atoms with van der Waals surface area (Å²) in [4.78, 5) is 4.78. The Kier molecular flexibility index (Phi) is 5.81. The molecule has 2 heterocycles. The summed E-state index contributed by atoms with van der Waals surface area (Å²) in [6.07, 6.45) is 3.88. The first-order valence-electron chi connectivity index (χ1n) is 14.1. The van der Waals surface area contributed by atoms with Crippen molar-refractivity contribution in [2.45, 2.75) is 37.8 Å². The second-order valence-electron chi connectivity index (χ2n) is 11.6. The van der Waals surface area contributed by atoms with Gasteiger partial charge in [0, 0.05) is 36.3 Å². The lowest BCUT2D eigenvalue weighted by atomic mass is 9.77. The lowest BCUT2D eigenvalue weighted by molar-refractivity contribution is 0.228. The molecular formula is C34H34N2O4. The third kappa shape index (κ3) is 3.70. The molecule has 0 bridgehead atoms. The summed E-state index contributed by atoms with van der Waals surface area (Å²) in [6, 6.07) is 20.4. The van der Waals surface area contributed by atoms with Crippen molar-refractivity contribution in [3.05, 3.63) is 94.0 Å². The van der Waals surface area contributed by atoms with E-state index in [2.05, 4.69) is 60.3 Å². The number of likely N-dealkylation sites (N-methyl/N-ethyl adjacent to an activating group) is 2. The van der Waals surface area contributed by atoms with E-state index in [1.165, 1.54) is 22.3 Å². The first-order chi connectivity index (χ1) is 19.3. The molecule has 0 amide bonds. The van der Waals surface area contributed by atoms with Gasteiger partial charge < -0.3 is 20.4 Å². The molecule has 0 spiro atoms. The van der Waals surface area contributed by atoms with E-state index in [0.29, 0.717) is 12.1 Å². The van der Waals surface area contributed by atoms with Gasteiger partial charge in [0.2, 0.25) is 0 Å². The van der Waals surface area contributed by atoms with Gasteiger partial charge in [0.15, 0.2) is 23.0 Å². The van der Waals surface area contributed by atoms with E-state index in [9.17, 15) is 20.4 Å². The SMILES string of the molecule is CN1CCc2cccc3c2[C@@H]1Cc1ccc(O)c(O)c1-3.CN1CCc2cccc3c2[C@@H]1Cc1ccc(O)c(O)c1-3. The molecular weight excluding hydrogens is 500 g/mol. The normalized spacial score (nSPS) is 20.4. The molecule has 2 aliphatic heterocycles. The fourth-order valence-electron chi connectivity index (χ4n) is 7.35. The van der Waals surface area contributed by atoms with E-state index < -0.39 is 0 Å². The van der Waals surface area contributed by atoms with Crippen LogP contribution >= 0.6 is 0 Å². The number of phenolic OH excluding ortho intramolecular Hbond substituents is 4. The number of hydrogen-bond donors (Lipinski definition) is 4. The summed E-state index contributed by atoms with van der Waals surface area (Å²) < 4.78 is 0. The van der Waals surface area contributed by atoms with E-state index in [1.807, 2.05) is 12.1 Å². The standard InChI is InChI=1S/2C17H17NO2/c2*1-18-8-7-10-3-2-4-12-15(10)13(18)9-11-5-6-14(19)17(20)16(11)12/h2*2-6,13,19-20H,7-9H2,1H3/t2*13-/m00/s1. The van der Waals surface area contributed by atoms with Crippen LogP contribution in [0.1, 0.15) is 45.5 Å². The molecule has 0 saturated heterocycles. The van der Waals surface area contributed by atoms with Crippen molar-refractivity contribution in [1.29, 1.82) is 0 Å². The number of rotatable bonds is 0. The molecule has 0 saturated carbocycles. The van der Waals surface area contributed by atoms with Crippen molar-refractivity contribution in [1.82, 2.24) is 9.80 Å². The van der Waals surface area contributed by atoms with Crippen molar-refractivity contribution in [3.63, 3.8) is 0 Å². The van der Waals surface area contributed by atoms with Crippen molar-refractivity contribution < 1.29 is 20.4 Å². The molecule has 40 heavy (non-hydrogen) atoms. The predicted octanol–water partition coefficient (Wildman–Crippen LogP) is 5.70. The average molecular weight is 535 g/mol. The van der Waals surface area contributed by atoms with Gasteiger partial charge in [0.1, 0.15) is 0 Å². The van der Waals surface area contributed by atoms with Gasteiger partial charge in [-0.05, 0) is 96.4 Å². The molecule has 0 fully saturated rings. The number of phenols is 4. The molecule has 2 atom stereocenters. The molecule has 0 aromatic heterocycles. The second kappa shape index (κ2) is 9.29. The minimum atomic E-state index is -0.0380. The van der Waals surface area contributed by atoms with Crippen molar-refractivity contribution >= 4 is 0 Å². The van der Waals surface area contributed by atoms with Crippen molar-refractivity contribution in [2.24, 2.45) is 0 Å². The molecule has 4 aliphatic rings. The van der Waals surface area contributed by atoms with Crippen molar-refractivity contribution in [3.8, 4) is 45.3 Å². The summed E-state index contributed by atoms with van der Waals surface area (Å²) in [6.45, 7) is 2.14. The lowest BCUT2D eigenvalue weighted by Gasteiger charge is -2.39. The highest BCUT2D eigenvalue weighted by atomic mass is 16.3. The summed E-state index contributed by atoms with van der Waals surface area (Å²) >= 11 is 0. The molecule has 6 heteroatoms. The summed E-state index contributed by atoms with van der Waals surface area (Å²) in [5.41, 5.74) is 11.4. The van der Waals surface area contributed by atoms with E-state index in [4.69, 9.17) is 0 Å². The van der Waals surface area contributed by atoms with E-state index in [-0.39, 0.29) is 23.0 Å². The zero-order chi connectivity index (χ0) is 27.7. The van der Waals surface area contributed by atoms with Crippen LogP contribution in [0.15, 0.2) is 60.7 Å². The molecule has 204 valence electrons. The summed E-state index contributed by atoms with van der Waals surface area (Å²) in [5, 5.41) is 40.1. The molecule has 4 N–H and O–H groups in total. The fourth-order valence-corrected chi connectivity index (χ4v) is 7.35. The number of benzene rings is 4. The van der Waals surface area contributed by atoms with Crippen LogP contribution in [0.4, 0.5) is 0 Å². The smallest absolute Gasteiger partial charge is 0.165 e. The zero-order valence-electron chi connectivity index (χ0n) is 22.9. The largest absolute Gasteiger partial charge is 0.504 e. The third-order valence-electron chi connectivity index (χ3n) is 9.44. The first kappa shape index (κ1) is 25.0. The van der Waals surface area contributed by atoms with Crippen LogP contribution in [-0.4, -0.2) is 57.4 Å². The minimum Gasteiger partial charge on any atom is -0.504 e. The maximum Gasteiger partial charge on any atom is 0.165 e. The zero-order valence-corrected chi connectivity index (χ0v) is 22.9. The molecule has 8 rings (SSSR count). The van der Waals surface area contributed by atoms with E-state index in [1.54, 1.807) is 12.1 Å². The molecule has 4 aromatic rings.